The summed E-state index contributed by atoms with van der Waals surface area (Å²) in [7, 11) is 1.40. The van der Waals surface area contributed by atoms with Crippen LogP contribution in [0.3, 0.4) is 0 Å². The highest BCUT2D eigenvalue weighted by Gasteiger charge is 2.45. The van der Waals surface area contributed by atoms with Crippen LogP contribution in [0.25, 0.3) is 0 Å². The highest BCUT2D eigenvalue weighted by atomic mass is 16.5. The van der Waals surface area contributed by atoms with Crippen LogP contribution in [0.5, 0.6) is 0 Å². The van der Waals surface area contributed by atoms with Gasteiger partial charge in [-0.05, 0) is 24.8 Å². The molecule has 1 unspecified atom stereocenters. The van der Waals surface area contributed by atoms with E-state index >= 15 is 0 Å². The van der Waals surface area contributed by atoms with E-state index < -0.39 is 0 Å². The van der Waals surface area contributed by atoms with Crippen molar-refractivity contribution in [2.45, 2.75) is 12.5 Å². The number of amides is 1. The normalized spacial score (nSPS) is 38.2. The lowest BCUT2D eigenvalue weighted by Gasteiger charge is -2.22. The molecule has 2 N–H and O–H groups in total. The smallest absolute Gasteiger partial charge is 0.407 e. The molecule has 1 aliphatic carbocycles. The van der Waals surface area contributed by atoms with Gasteiger partial charge in [-0.3, -0.25) is 0 Å². The van der Waals surface area contributed by atoms with Gasteiger partial charge in [-0.25, -0.2) is 4.79 Å². The number of alkyl carbamates (subject to hydrolysis) is 1. The molecule has 3 atom stereocenters. The van der Waals surface area contributed by atoms with Gasteiger partial charge < -0.3 is 15.4 Å². The van der Waals surface area contributed by atoms with Crippen molar-refractivity contribution in [3.63, 3.8) is 0 Å². The van der Waals surface area contributed by atoms with Crippen molar-refractivity contribution in [3.05, 3.63) is 0 Å². The van der Waals surface area contributed by atoms with E-state index in [1.54, 1.807) is 0 Å². The van der Waals surface area contributed by atoms with Crippen molar-refractivity contribution in [1.29, 1.82) is 0 Å². The molecule has 0 bridgehead atoms. The summed E-state index contributed by atoms with van der Waals surface area (Å²) in [6.45, 7) is 2.00. The molecule has 4 nitrogen and oxygen atoms in total. The van der Waals surface area contributed by atoms with Gasteiger partial charge >= 0.3 is 6.09 Å². The maximum Gasteiger partial charge on any atom is 0.407 e. The number of rotatable bonds is 1. The van der Waals surface area contributed by atoms with E-state index in [1.807, 2.05) is 0 Å². The summed E-state index contributed by atoms with van der Waals surface area (Å²) in [5.74, 6) is 1.49. The highest BCUT2D eigenvalue weighted by Crippen LogP contribution is 2.42. The van der Waals surface area contributed by atoms with Gasteiger partial charge in [-0.15, -0.1) is 0 Å². The SMILES string of the molecule is COC(=O)NC1CNC[C@@H]2C[C@H]12. The molecule has 4 heteroatoms. The second kappa shape index (κ2) is 2.94. The first kappa shape index (κ1) is 7.86. The second-order valence-electron chi connectivity index (χ2n) is 3.56. The Hall–Kier alpha value is -0.770. The fourth-order valence-electron chi connectivity index (χ4n) is 1.94. The average Bonchev–Trinajstić information content (AvgIpc) is 2.84. The number of ether oxygens (including phenoxy) is 1. The summed E-state index contributed by atoms with van der Waals surface area (Å²) >= 11 is 0. The minimum Gasteiger partial charge on any atom is -0.453 e. The molecule has 1 amide bonds. The van der Waals surface area contributed by atoms with Crippen molar-refractivity contribution in [3.8, 4) is 0 Å². The molecule has 0 aromatic rings. The van der Waals surface area contributed by atoms with Gasteiger partial charge in [0.1, 0.15) is 0 Å². The average molecular weight is 170 g/mol. The number of carbonyl (C=O) groups excluding carboxylic acids is 1. The molecule has 1 saturated heterocycles. The first-order valence-corrected chi connectivity index (χ1v) is 4.36. The molecular formula is C8H14N2O2. The molecule has 1 heterocycles. The van der Waals surface area contributed by atoms with Crippen LogP contribution >= 0.6 is 0 Å². The van der Waals surface area contributed by atoms with Crippen molar-refractivity contribution in [1.82, 2.24) is 10.6 Å². The lowest BCUT2D eigenvalue weighted by molar-refractivity contribution is 0.163. The molecule has 1 aliphatic heterocycles. The van der Waals surface area contributed by atoms with Gasteiger partial charge in [0, 0.05) is 12.6 Å². The molecule has 68 valence electrons. The zero-order valence-electron chi connectivity index (χ0n) is 7.17. The minimum atomic E-state index is -0.311. The summed E-state index contributed by atoms with van der Waals surface area (Å²) in [5.41, 5.74) is 0. The van der Waals surface area contributed by atoms with Gasteiger partial charge in [-0.1, -0.05) is 0 Å². The minimum absolute atomic E-state index is 0.288. The van der Waals surface area contributed by atoms with Gasteiger partial charge in [0.05, 0.1) is 7.11 Å². The topological polar surface area (TPSA) is 50.4 Å². The third-order valence-electron chi connectivity index (χ3n) is 2.75. The quantitative estimate of drug-likeness (QED) is 0.580. The Kier molecular flexibility index (Phi) is 1.92. The Bertz CT molecular complexity index is 195. The zero-order valence-corrected chi connectivity index (χ0v) is 7.17. The van der Waals surface area contributed by atoms with Gasteiger partial charge in [0.15, 0.2) is 0 Å². The molecule has 0 radical (unpaired) electrons. The Morgan fingerprint density at radius 1 is 1.58 bits per heavy atom. The number of methoxy groups -OCH3 is 1. The number of piperidine rings is 1. The van der Waals surface area contributed by atoms with E-state index in [0.29, 0.717) is 5.92 Å². The number of fused-ring (bicyclic) bond motifs is 1. The lowest BCUT2D eigenvalue weighted by Crippen LogP contribution is -2.47. The number of hydrogen-bond donors (Lipinski definition) is 2. The van der Waals surface area contributed by atoms with Crippen LogP contribution in [0, 0.1) is 11.8 Å². The van der Waals surface area contributed by atoms with E-state index in [9.17, 15) is 4.79 Å². The number of nitrogens with one attached hydrogen (secondary N) is 2. The lowest BCUT2D eigenvalue weighted by atomic mass is 10.1. The number of carbonyl (C=O) groups is 1. The van der Waals surface area contributed by atoms with E-state index in [4.69, 9.17) is 0 Å². The van der Waals surface area contributed by atoms with Crippen molar-refractivity contribution in [2.75, 3.05) is 20.2 Å². The third-order valence-corrected chi connectivity index (χ3v) is 2.75. The fraction of sp³-hybridized carbons (Fsp3) is 0.875. The molecule has 2 rings (SSSR count). The first-order valence-electron chi connectivity index (χ1n) is 4.36. The maximum absolute atomic E-state index is 10.9. The van der Waals surface area contributed by atoms with E-state index in [0.717, 1.165) is 19.0 Å². The monoisotopic (exact) mass is 170 g/mol. The molecular weight excluding hydrogens is 156 g/mol. The largest absolute Gasteiger partial charge is 0.453 e. The Labute approximate surface area is 71.7 Å². The first-order chi connectivity index (χ1) is 5.81. The van der Waals surface area contributed by atoms with Gasteiger partial charge in [-0.2, -0.15) is 0 Å². The summed E-state index contributed by atoms with van der Waals surface area (Å²) in [6.07, 6.45) is 0.941. The standard InChI is InChI=1S/C8H14N2O2/c1-12-8(11)10-7-4-9-3-5-2-6(5)7/h5-7,9H,2-4H2,1H3,(H,10,11)/t5-,6-,7?/m0/s1. The summed E-state index contributed by atoms with van der Waals surface area (Å²) in [5, 5.41) is 6.12. The summed E-state index contributed by atoms with van der Waals surface area (Å²) < 4.78 is 4.54. The van der Waals surface area contributed by atoms with E-state index in [-0.39, 0.29) is 12.1 Å². The van der Waals surface area contributed by atoms with Crippen molar-refractivity contribution in [2.24, 2.45) is 11.8 Å². The zero-order chi connectivity index (χ0) is 8.55. The molecule has 0 aromatic carbocycles. The van der Waals surface area contributed by atoms with Crippen LogP contribution in [0.15, 0.2) is 0 Å². The molecule has 2 aliphatic rings. The van der Waals surface area contributed by atoms with Crippen molar-refractivity contribution < 1.29 is 9.53 Å². The molecule has 12 heavy (non-hydrogen) atoms. The van der Waals surface area contributed by atoms with Crippen molar-refractivity contribution >= 4 is 6.09 Å². The predicted molar refractivity (Wildman–Crippen MR) is 43.8 cm³/mol. The van der Waals surface area contributed by atoms with Gasteiger partial charge in [0.2, 0.25) is 0 Å². The van der Waals surface area contributed by atoms with Crippen LogP contribution in [0.2, 0.25) is 0 Å². The molecule has 0 spiro atoms. The number of hydrogen-bond acceptors (Lipinski definition) is 3. The van der Waals surface area contributed by atoms with E-state index in [2.05, 4.69) is 15.4 Å². The Morgan fingerprint density at radius 2 is 2.42 bits per heavy atom. The molecule has 2 fully saturated rings. The summed E-state index contributed by atoms with van der Waals surface area (Å²) in [4.78, 5) is 10.9. The highest BCUT2D eigenvalue weighted by molar-refractivity contribution is 5.67. The fourth-order valence-corrected chi connectivity index (χ4v) is 1.94. The van der Waals surface area contributed by atoms with Crippen LogP contribution < -0.4 is 10.6 Å². The van der Waals surface area contributed by atoms with Crippen LogP contribution in [0.1, 0.15) is 6.42 Å². The Balaban J connectivity index is 1.83. The second-order valence-corrected chi connectivity index (χ2v) is 3.56. The van der Waals surface area contributed by atoms with E-state index in [1.165, 1.54) is 13.5 Å². The maximum atomic E-state index is 10.9. The molecule has 0 aromatic heterocycles. The van der Waals surface area contributed by atoms with Crippen LogP contribution in [-0.4, -0.2) is 32.3 Å². The Morgan fingerprint density at radius 3 is 3.17 bits per heavy atom. The predicted octanol–water partition coefficient (Wildman–Crippen LogP) is -0.0497. The van der Waals surface area contributed by atoms with Crippen LogP contribution in [-0.2, 0) is 4.74 Å². The van der Waals surface area contributed by atoms with Gasteiger partial charge in [0.25, 0.3) is 0 Å². The van der Waals surface area contributed by atoms with Crippen LogP contribution in [0.4, 0.5) is 4.79 Å². The summed E-state index contributed by atoms with van der Waals surface area (Å²) in [6, 6.07) is 0.288. The third kappa shape index (κ3) is 1.39. The molecule has 1 saturated carbocycles.